The van der Waals surface area contributed by atoms with Crippen LogP contribution in [0.4, 0.5) is 0 Å². The number of rotatable bonds is 8. The highest BCUT2D eigenvalue weighted by molar-refractivity contribution is 5.95. The number of nitriles is 1. The standard InChI is InChI=1S/C28H25N5O2/c1-2-21-22(27(31)35)13-12-20(15-29)25(21)23(14-17-6-4-3-5-7-17)28-32-16-24(33-28)18-8-10-19(11-9-18)26(30)34/h3-13,16,23H,2,14H2,1H3,(H2,30,34)(H2,31,35)(H,32,33)/t23-/m0/s1. The van der Waals surface area contributed by atoms with Crippen LogP contribution < -0.4 is 11.5 Å². The molecule has 0 fully saturated rings. The monoisotopic (exact) mass is 463 g/mol. The molecule has 174 valence electrons. The van der Waals surface area contributed by atoms with Crippen molar-refractivity contribution in [1.82, 2.24) is 9.97 Å². The van der Waals surface area contributed by atoms with Gasteiger partial charge in [0, 0.05) is 17.0 Å². The molecule has 7 heteroatoms. The number of hydrogen-bond acceptors (Lipinski definition) is 4. The molecule has 5 N–H and O–H groups in total. The molecule has 0 spiro atoms. The largest absolute Gasteiger partial charge is 0.366 e. The first-order valence-electron chi connectivity index (χ1n) is 11.3. The van der Waals surface area contributed by atoms with E-state index in [-0.39, 0.29) is 5.92 Å². The van der Waals surface area contributed by atoms with Crippen molar-refractivity contribution in [2.45, 2.75) is 25.7 Å². The van der Waals surface area contributed by atoms with Crippen molar-refractivity contribution in [2.24, 2.45) is 11.5 Å². The van der Waals surface area contributed by atoms with Gasteiger partial charge < -0.3 is 16.5 Å². The van der Waals surface area contributed by atoms with Crippen LogP contribution in [0, 0.1) is 11.3 Å². The van der Waals surface area contributed by atoms with Crippen LogP contribution >= 0.6 is 0 Å². The smallest absolute Gasteiger partial charge is 0.248 e. The molecule has 0 unspecified atom stereocenters. The van der Waals surface area contributed by atoms with E-state index in [1.54, 1.807) is 42.6 Å². The Hall–Kier alpha value is -4.70. The van der Waals surface area contributed by atoms with Crippen LogP contribution in [0.2, 0.25) is 0 Å². The average molecular weight is 464 g/mol. The summed E-state index contributed by atoms with van der Waals surface area (Å²) in [5, 5.41) is 9.95. The Bertz CT molecular complexity index is 1420. The molecule has 35 heavy (non-hydrogen) atoms. The van der Waals surface area contributed by atoms with Gasteiger partial charge in [0.05, 0.1) is 23.5 Å². The predicted molar refractivity (Wildman–Crippen MR) is 134 cm³/mol. The lowest BCUT2D eigenvalue weighted by atomic mass is 9.82. The number of nitrogens with two attached hydrogens (primary N) is 2. The summed E-state index contributed by atoms with van der Waals surface area (Å²) >= 11 is 0. The van der Waals surface area contributed by atoms with Gasteiger partial charge in [0.15, 0.2) is 0 Å². The van der Waals surface area contributed by atoms with Gasteiger partial charge in [0.25, 0.3) is 0 Å². The zero-order valence-corrected chi connectivity index (χ0v) is 19.3. The minimum atomic E-state index is -0.527. The van der Waals surface area contributed by atoms with Gasteiger partial charge in [0.2, 0.25) is 11.8 Å². The van der Waals surface area contributed by atoms with Gasteiger partial charge in [-0.15, -0.1) is 0 Å². The highest BCUT2D eigenvalue weighted by atomic mass is 16.1. The summed E-state index contributed by atoms with van der Waals surface area (Å²) in [6.45, 7) is 1.94. The van der Waals surface area contributed by atoms with E-state index >= 15 is 0 Å². The molecule has 1 atom stereocenters. The van der Waals surface area contributed by atoms with E-state index in [9.17, 15) is 14.9 Å². The normalized spacial score (nSPS) is 11.5. The van der Waals surface area contributed by atoms with E-state index in [0.29, 0.717) is 35.4 Å². The van der Waals surface area contributed by atoms with Crippen LogP contribution in [-0.2, 0) is 12.8 Å². The molecule has 0 saturated heterocycles. The maximum atomic E-state index is 12.2. The fourth-order valence-electron chi connectivity index (χ4n) is 4.43. The Kier molecular flexibility index (Phi) is 6.74. The Morgan fingerprint density at radius 3 is 2.31 bits per heavy atom. The first kappa shape index (κ1) is 23.5. The lowest BCUT2D eigenvalue weighted by molar-refractivity contribution is 0.0991. The van der Waals surface area contributed by atoms with Crippen molar-refractivity contribution < 1.29 is 9.59 Å². The lowest BCUT2D eigenvalue weighted by Crippen LogP contribution is -2.19. The molecule has 7 nitrogen and oxygen atoms in total. The second kappa shape index (κ2) is 10.1. The first-order valence-corrected chi connectivity index (χ1v) is 11.3. The number of aromatic amines is 1. The summed E-state index contributed by atoms with van der Waals surface area (Å²) in [6, 6.07) is 22.4. The third kappa shape index (κ3) is 4.82. The van der Waals surface area contributed by atoms with Crippen molar-refractivity contribution in [3.63, 3.8) is 0 Å². The third-order valence-corrected chi connectivity index (χ3v) is 6.13. The summed E-state index contributed by atoms with van der Waals surface area (Å²) in [7, 11) is 0. The number of imidazole rings is 1. The molecule has 0 radical (unpaired) electrons. The quantitative estimate of drug-likeness (QED) is 0.362. The zero-order valence-electron chi connectivity index (χ0n) is 19.3. The van der Waals surface area contributed by atoms with Gasteiger partial charge in [-0.1, -0.05) is 49.4 Å². The first-order chi connectivity index (χ1) is 16.9. The fraction of sp³-hybridized carbons (Fsp3) is 0.143. The highest BCUT2D eigenvalue weighted by Gasteiger charge is 2.27. The number of carbonyl (C=O) groups is 2. The van der Waals surface area contributed by atoms with Crippen molar-refractivity contribution >= 4 is 11.8 Å². The van der Waals surface area contributed by atoms with Gasteiger partial charge in [-0.3, -0.25) is 9.59 Å². The summed E-state index contributed by atoms with van der Waals surface area (Å²) in [5.74, 6) is -0.674. The number of nitrogens with one attached hydrogen (secondary N) is 1. The summed E-state index contributed by atoms with van der Waals surface area (Å²) in [5.41, 5.74) is 16.5. The van der Waals surface area contributed by atoms with Crippen LogP contribution in [0.15, 0.2) is 72.9 Å². The van der Waals surface area contributed by atoms with Gasteiger partial charge in [-0.2, -0.15) is 5.26 Å². The molecule has 3 aromatic carbocycles. The molecule has 1 heterocycles. The van der Waals surface area contributed by atoms with Crippen molar-refractivity contribution in [3.05, 3.63) is 112 Å². The van der Waals surface area contributed by atoms with Gasteiger partial charge >= 0.3 is 0 Å². The van der Waals surface area contributed by atoms with Gasteiger partial charge in [-0.05, 0) is 59.4 Å². The minimum absolute atomic E-state index is 0.319. The van der Waals surface area contributed by atoms with Gasteiger partial charge in [0.1, 0.15) is 5.82 Å². The molecular weight excluding hydrogens is 438 g/mol. The Balaban J connectivity index is 1.86. The van der Waals surface area contributed by atoms with Crippen molar-refractivity contribution in [3.8, 4) is 17.3 Å². The molecular formula is C28H25N5O2. The van der Waals surface area contributed by atoms with Crippen molar-refractivity contribution in [2.75, 3.05) is 0 Å². The Labute approximate surface area is 203 Å². The molecule has 0 aliphatic rings. The molecule has 0 aliphatic carbocycles. The van der Waals surface area contributed by atoms with E-state index in [1.807, 2.05) is 37.3 Å². The van der Waals surface area contributed by atoms with Crippen LogP contribution in [0.25, 0.3) is 11.3 Å². The lowest BCUT2D eigenvalue weighted by Gasteiger charge is -2.22. The molecule has 0 aliphatic heterocycles. The molecule has 2 amide bonds. The van der Waals surface area contributed by atoms with E-state index < -0.39 is 11.8 Å². The number of nitrogens with zero attached hydrogens (tertiary/aromatic N) is 2. The fourth-order valence-corrected chi connectivity index (χ4v) is 4.43. The van der Waals surface area contributed by atoms with E-state index in [1.165, 1.54) is 0 Å². The number of carbonyl (C=O) groups excluding carboxylic acids is 2. The minimum Gasteiger partial charge on any atom is -0.366 e. The van der Waals surface area contributed by atoms with E-state index in [2.05, 4.69) is 16.0 Å². The van der Waals surface area contributed by atoms with E-state index in [4.69, 9.17) is 11.5 Å². The molecule has 0 bridgehead atoms. The number of benzene rings is 3. The van der Waals surface area contributed by atoms with Gasteiger partial charge in [-0.25, -0.2) is 4.98 Å². The Morgan fingerprint density at radius 2 is 1.71 bits per heavy atom. The second-order valence-corrected chi connectivity index (χ2v) is 8.25. The number of primary amides is 2. The van der Waals surface area contributed by atoms with E-state index in [0.717, 1.165) is 27.9 Å². The maximum Gasteiger partial charge on any atom is 0.248 e. The predicted octanol–water partition coefficient (Wildman–Crippen LogP) is 4.08. The SMILES string of the molecule is CCc1c(C(N)=O)ccc(C#N)c1[C@H](Cc1ccccc1)c1ncc(-c2ccc(C(N)=O)cc2)[nH]1. The van der Waals surface area contributed by atoms with Crippen LogP contribution in [0.3, 0.4) is 0 Å². The molecule has 4 rings (SSSR count). The van der Waals surface area contributed by atoms with Crippen LogP contribution in [0.1, 0.15) is 61.6 Å². The molecule has 4 aromatic rings. The zero-order chi connectivity index (χ0) is 24.9. The summed E-state index contributed by atoms with van der Waals surface area (Å²) in [4.78, 5) is 31.7. The number of amides is 2. The molecule has 1 aromatic heterocycles. The third-order valence-electron chi connectivity index (χ3n) is 6.13. The second-order valence-electron chi connectivity index (χ2n) is 8.25. The number of aromatic nitrogens is 2. The number of H-pyrrole nitrogens is 1. The summed E-state index contributed by atoms with van der Waals surface area (Å²) in [6.07, 6.45) is 2.83. The van der Waals surface area contributed by atoms with Crippen molar-refractivity contribution in [1.29, 1.82) is 5.26 Å². The average Bonchev–Trinajstić information content (AvgIpc) is 3.37. The highest BCUT2D eigenvalue weighted by Crippen LogP contribution is 2.35. The maximum absolute atomic E-state index is 12.2. The topological polar surface area (TPSA) is 139 Å². The number of hydrogen-bond donors (Lipinski definition) is 3. The van der Waals surface area contributed by atoms with Crippen LogP contribution in [0.5, 0.6) is 0 Å². The Morgan fingerprint density at radius 1 is 1.00 bits per heavy atom. The molecule has 0 saturated carbocycles. The van der Waals surface area contributed by atoms with Crippen LogP contribution in [-0.4, -0.2) is 21.8 Å². The summed E-state index contributed by atoms with van der Waals surface area (Å²) < 4.78 is 0.